The second-order valence-corrected chi connectivity index (χ2v) is 8.00. The van der Waals surface area contributed by atoms with Crippen molar-refractivity contribution in [2.75, 3.05) is 0 Å². The zero-order chi connectivity index (χ0) is 24.0. The fraction of sp³-hybridized carbons (Fsp3) is 0.333. The van der Waals surface area contributed by atoms with Crippen LogP contribution >= 0.6 is 23.8 Å². The summed E-state index contributed by atoms with van der Waals surface area (Å²) in [6.07, 6.45) is 1.58. The molecule has 1 aromatic carbocycles. The van der Waals surface area contributed by atoms with E-state index in [1.165, 1.54) is 4.68 Å². The number of ether oxygens (including phenoxy) is 1. The molecule has 12 nitrogen and oxygen atoms in total. The molecule has 0 fully saturated rings. The molecule has 1 aliphatic rings. The molecule has 0 amide bonds. The number of fused-ring (bicyclic) bond motifs is 1. The Morgan fingerprint density at radius 2 is 1.79 bits per heavy atom. The lowest BCUT2D eigenvalue weighted by atomic mass is 10.3. The van der Waals surface area contributed by atoms with Gasteiger partial charge in [0.1, 0.15) is 12.4 Å². The van der Waals surface area contributed by atoms with Crippen LogP contribution in [0.15, 0.2) is 31.3 Å². The molecular weight excluding hydrogens is 483 g/mol. The van der Waals surface area contributed by atoms with Crippen molar-refractivity contribution in [2.45, 2.75) is 32.5 Å². The number of halogens is 2. The Bertz CT molecular complexity index is 1550. The molecule has 0 unspecified atom stereocenters. The van der Waals surface area contributed by atoms with Crippen LogP contribution in [0.25, 0.3) is 5.69 Å². The molecule has 3 aromatic rings. The number of carbonyl (C=O) groups excluding carboxylic acids is 1. The molecule has 15 heteroatoms. The van der Waals surface area contributed by atoms with E-state index in [1.54, 1.807) is 4.68 Å². The fourth-order valence-corrected chi connectivity index (χ4v) is 4.03. The third-order valence-corrected chi connectivity index (χ3v) is 5.83. The molecule has 1 aliphatic heterocycles. The lowest BCUT2D eigenvalue weighted by molar-refractivity contribution is -0.135. The minimum atomic E-state index is -1.11. The summed E-state index contributed by atoms with van der Waals surface area (Å²) in [4.78, 5) is 62.5. The third-order valence-electron chi connectivity index (χ3n) is 5.14. The van der Waals surface area contributed by atoms with Crippen molar-refractivity contribution < 1.29 is 13.9 Å². The van der Waals surface area contributed by atoms with Crippen molar-refractivity contribution >= 4 is 29.8 Å². The highest BCUT2D eigenvalue weighted by Crippen LogP contribution is 2.30. The molecule has 1 N–H and O–H groups in total. The van der Waals surface area contributed by atoms with Gasteiger partial charge in [-0.15, -0.1) is 0 Å². The highest BCUT2D eigenvalue weighted by atomic mass is 35.5. The number of H-pyrrole nitrogens is 1. The number of nitrogens with zero attached hydrogens (tertiary/aromatic N) is 5. The highest BCUT2D eigenvalue weighted by molar-refractivity contribution is 7.71. The molecule has 33 heavy (non-hydrogen) atoms. The van der Waals surface area contributed by atoms with Crippen LogP contribution in [0.5, 0.6) is 5.75 Å². The standard InChI is InChI=1S/C18H16ClFN6O6S/c1-22-14(28)21-15(29)23(16(22)30)8-13(27)32-12-7-11(10(20)6-9(12)19)26-17(31)24-4-2-3-5-25(24)18(26)33/h6-7H,2-5,8H2,1H3,(H,21,28,29). The highest BCUT2D eigenvalue weighted by Gasteiger charge is 2.22. The Morgan fingerprint density at radius 3 is 2.45 bits per heavy atom. The largest absolute Gasteiger partial charge is 0.424 e. The molecule has 0 saturated carbocycles. The second kappa shape index (κ2) is 8.44. The van der Waals surface area contributed by atoms with Crippen molar-refractivity contribution in [1.82, 2.24) is 28.0 Å². The molecule has 2 aromatic heterocycles. The fourth-order valence-electron chi connectivity index (χ4n) is 3.47. The van der Waals surface area contributed by atoms with Crippen LogP contribution in [-0.2, 0) is 31.5 Å². The molecule has 0 spiro atoms. The Labute approximate surface area is 192 Å². The van der Waals surface area contributed by atoms with E-state index in [4.69, 9.17) is 28.6 Å². The number of benzene rings is 1. The minimum Gasteiger partial charge on any atom is -0.424 e. The van der Waals surface area contributed by atoms with Crippen molar-refractivity contribution in [1.29, 1.82) is 0 Å². The lowest BCUT2D eigenvalue weighted by Gasteiger charge is -2.14. The van der Waals surface area contributed by atoms with Crippen LogP contribution in [0.3, 0.4) is 0 Å². The van der Waals surface area contributed by atoms with Gasteiger partial charge >= 0.3 is 28.7 Å². The SMILES string of the molecule is Cn1c(=O)[nH]c(=O)n(CC(=O)Oc2cc(-n3c(=O)n4n(c3=S)CCCC4)c(F)cc2Cl)c1=O. The zero-order valence-corrected chi connectivity index (χ0v) is 18.6. The molecule has 0 aliphatic carbocycles. The maximum absolute atomic E-state index is 14.7. The van der Waals surface area contributed by atoms with E-state index >= 15 is 0 Å². The Hall–Kier alpha value is -3.52. The number of esters is 1. The van der Waals surface area contributed by atoms with Crippen LogP contribution in [0.1, 0.15) is 12.8 Å². The average Bonchev–Trinajstić information content (AvgIpc) is 3.02. The maximum Gasteiger partial charge on any atom is 0.349 e. The summed E-state index contributed by atoms with van der Waals surface area (Å²) in [5.41, 5.74) is -3.92. The summed E-state index contributed by atoms with van der Waals surface area (Å²) in [5.74, 6) is -2.29. The minimum absolute atomic E-state index is 0.0708. The van der Waals surface area contributed by atoms with Gasteiger partial charge in [0, 0.05) is 26.2 Å². The van der Waals surface area contributed by atoms with Crippen molar-refractivity contribution in [2.24, 2.45) is 7.05 Å². The smallest absolute Gasteiger partial charge is 0.349 e. The third kappa shape index (κ3) is 3.91. The molecule has 0 radical (unpaired) electrons. The average molecular weight is 499 g/mol. The van der Waals surface area contributed by atoms with Gasteiger partial charge in [0.2, 0.25) is 4.77 Å². The zero-order valence-electron chi connectivity index (χ0n) is 17.0. The summed E-state index contributed by atoms with van der Waals surface area (Å²) in [5, 5.41) is -0.290. The van der Waals surface area contributed by atoms with Crippen LogP contribution in [0.2, 0.25) is 5.02 Å². The van der Waals surface area contributed by atoms with Gasteiger partial charge in [-0.25, -0.2) is 46.7 Å². The van der Waals surface area contributed by atoms with E-state index in [1.807, 2.05) is 4.98 Å². The molecule has 3 heterocycles. The second-order valence-electron chi connectivity index (χ2n) is 7.23. The number of rotatable bonds is 4. The lowest BCUT2D eigenvalue weighted by Crippen LogP contribution is -2.49. The number of nitrogens with one attached hydrogen (secondary N) is 1. The maximum atomic E-state index is 14.7. The summed E-state index contributed by atoms with van der Waals surface area (Å²) in [6, 6.07) is 1.89. The molecule has 0 saturated heterocycles. The number of aromatic nitrogens is 6. The number of aromatic amines is 1. The Kier molecular flexibility index (Phi) is 5.80. The van der Waals surface area contributed by atoms with Gasteiger partial charge in [-0.3, -0.25) is 9.67 Å². The molecule has 174 valence electrons. The van der Waals surface area contributed by atoms with Crippen molar-refractivity contribution in [3.63, 3.8) is 0 Å². The van der Waals surface area contributed by atoms with Gasteiger partial charge in [-0.2, -0.15) is 0 Å². The van der Waals surface area contributed by atoms with Crippen LogP contribution in [-0.4, -0.2) is 34.0 Å². The first-order chi connectivity index (χ1) is 15.6. The van der Waals surface area contributed by atoms with E-state index < -0.39 is 41.1 Å². The summed E-state index contributed by atoms with van der Waals surface area (Å²) in [7, 11) is 1.12. The summed E-state index contributed by atoms with van der Waals surface area (Å²) in [6.45, 7) is 0.0738. The van der Waals surface area contributed by atoms with Gasteiger partial charge in [-0.05, 0) is 31.1 Å². The van der Waals surface area contributed by atoms with Crippen LogP contribution in [0, 0.1) is 10.6 Å². The predicted molar refractivity (Wildman–Crippen MR) is 115 cm³/mol. The van der Waals surface area contributed by atoms with Crippen LogP contribution in [0.4, 0.5) is 4.39 Å². The topological polar surface area (TPSA) is 135 Å². The monoisotopic (exact) mass is 498 g/mol. The van der Waals surface area contributed by atoms with Crippen molar-refractivity contribution in [3.05, 3.63) is 69.7 Å². The van der Waals surface area contributed by atoms with Gasteiger partial charge in [0.15, 0.2) is 5.75 Å². The first-order valence-corrected chi connectivity index (χ1v) is 10.4. The van der Waals surface area contributed by atoms with Crippen LogP contribution < -0.4 is 27.5 Å². The Morgan fingerprint density at radius 1 is 1.12 bits per heavy atom. The quantitative estimate of drug-likeness (QED) is 0.302. The number of hydrogen-bond donors (Lipinski definition) is 1. The number of hydrogen-bond acceptors (Lipinski definition) is 7. The van der Waals surface area contributed by atoms with Crippen molar-refractivity contribution in [3.8, 4) is 11.4 Å². The van der Waals surface area contributed by atoms with E-state index in [9.17, 15) is 28.4 Å². The van der Waals surface area contributed by atoms with E-state index in [0.717, 1.165) is 36.6 Å². The van der Waals surface area contributed by atoms with Gasteiger partial charge in [-0.1, -0.05) is 11.6 Å². The van der Waals surface area contributed by atoms with Gasteiger partial charge in [0.05, 0.1) is 10.7 Å². The normalized spacial score (nSPS) is 13.1. The first kappa shape index (κ1) is 22.7. The summed E-state index contributed by atoms with van der Waals surface area (Å²) < 4.78 is 24.9. The molecule has 0 bridgehead atoms. The summed E-state index contributed by atoms with van der Waals surface area (Å²) >= 11 is 11.3. The van der Waals surface area contributed by atoms with Gasteiger partial charge in [0.25, 0.3) is 0 Å². The van der Waals surface area contributed by atoms with Gasteiger partial charge < -0.3 is 4.74 Å². The van der Waals surface area contributed by atoms with E-state index in [2.05, 4.69) is 0 Å². The first-order valence-electron chi connectivity index (χ1n) is 9.63. The number of carbonyl (C=O) groups is 1. The van der Waals surface area contributed by atoms with E-state index in [0.29, 0.717) is 22.2 Å². The molecular formula is C18H16ClFN6O6S. The van der Waals surface area contributed by atoms with E-state index in [-0.39, 0.29) is 21.2 Å². The predicted octanol–water partition coefficient (Wildman–Crippen LogP) is -0.0894. The molecule has 4 rings (SSSR count). The molecule has 0 atom stereocenters. The Balaban J connectivity index is 1.72.